The highest BCUT2D eigenvalue weighted by atomic mass is 15.2. The van der Waals surface area contributed by atoms with Crippen LogP contribution in [0.15, 0.2) is 42.5 Å². The zero-order valence-corrected chi connectivity index (χ0v) is 13.1. The first-order chi connectivity index (χ1) is 11.2. The normalized spacial score (nSPS) is 10.5. The molecule has 3 aromatic rings. The molecule has 0 amide bonds. The molecule has 0 unspecified atom stereocenters. The Balaban J connectivity index is 2.17. The molecule has 116 valence electrons. The van der Waals surface area contributed by atoms with E-state index in [0.29, 0.717) is 11.4 Å². The Bertz CT molecular complexity index is 817. The predicted molar refractivity (Wildman–Crippen MR) is 91.8 cm³/mol. The average Bonchev–Trinajstić information content (AvgIpc) is 2.55. The molecule has 0 fully saturated rings. The SMILES string of the molecule is CCNc1cc(-c2nnc(N)nc2-c2ccccc2)cc(C)n1. The fourth-order valence-corrected chi connectivity index (χ4v) is 2.41. The number of nitrogens with zero attached hydrogens (tertiary/aromatic N) is 4. The third-order valence-electron chi connectivity index (χ3n) is 3.34. The first kappa shape index (κ1) is 14.9. The van der Waals surface area contributed by atoms with Gasteiger partial charge in [0.05, 0.1) is 0 Å². The van der Waals surface area contributed by atoms with E-state index in [4.69, 9.17) is 5.73 Å². The predicted octanol–water partition coefficient (Wildman–Crippen LogP) is 2.92. The Morgan fingerprint density at radius 1 is 0.957 bits per heavy atom. The summed E-state index contributed by atoms with van der Waals surface area (Å²) in [6.45, 7) is 4.78. The fourth-order valence-electron chi connectivity index (χ4n) is 2.41. The van der Waals surface area contributed by atoms with Gasteiger partial charge in [-0.25, -0.2) is 9.97 Å². The summed E-state index contributed by atoms with van der Waals surface area (Å²) in [6, 6.07) is 13.7. The molecule has 0 aliphatic heterocycles. The quantitative estimate of drug-likeness (QED) is 0.770. The molecule has 0 aliphatic rings. The van der Waals surface area contributed by atoms with Crippen molar-refractivity contribution in [2.75, 3.05) is 17.6 Å². The maximum absolute atomic E-state index is 5.74. The van der Waals surface area contributed by atoms with E-state index in [1.165, 1.54) is 0 Å². The third kappa shape index (κ3) is 3.26. The summed E-state index contributed by atoms with van der Waals surface area (Å²) in [5.41, 5.74) is 9.90. The molecule has 0 atom stereocenters. The Morgan fingerprint density at radius 3 is 2.48 bits per heavy atom. The van der Waals surface area contributed by atoms with E-state index in [0.717, 1.165) is 29.2 Å². The molecular weight excluding hydrogens is 288 g/mol. The van der Waals surface area contributed by atoms with E-state index in [2.05, 4.69) is 25.5 Å². The molecule has 0 spiro atoms. The minimum atomic E-state index is 0.158. The van der Waals surface area contributed by atoms with E-state index in [-0.39, 0.29) is 5.95 Å². The Morgan fingerprint density at radius 2 is 1.74 bits per heavy atom. The zero-order valence-electron chi connectivity index (χ0n) is 13.1. The van der Waals surface area contributed by atoms with Crippen LogP contribution >= 0.6 is 0 Å². The van der Waals surface area contributed by atoms with Gasteiger partial charge >= 0.3 is 0 Å². The van der Waals surface area contributed by atoms with Gasteiger partial charge in [-0.15, -0.1) is 10.2 Å². The van der Waals surface area contributed by atoms with Crippen molar-refractivity contribution in [1.82, 2.24) is 20.2 Å². The second-order valence-corrected chi connectivity index (χ2v) is 5.15. The summed E-state index contributed by atoms with van der Waals surface area (Å²) in [7, 11) is 0. The van der Waals surface area contributed by atoms with Crippen molar-refractivity contribution in [3.05, 3.63) is 48.2 Å². The molecule has 2 aromatic heterocycles. The van der Waals surface area contributed by atoms with Gasteiger partial charge in [0, 0.05) is 23.4 Å². The number of rotatable bonds is 4. The molecule has 3 rings (SSSR count). The summed E-state index contributed by atoms with van der Waals surface area (Å²) in [5, 5.41) is 11.4. The first-order valence-corrected chi connectivity index (χ1v) is 7.46. The van der Waals surface area contributed by atoms with Gasteiger partial charge in [0.25, 0.3) is 0 Å². The van der Waals surface area contributed by atoms with Crippen molar-refractivity contribution in [3.8, 4) is 22.5 Å². The molecule has 6 nitrogen and oxygen atoms in total. The van der Waals surface area contributed by atoms with Gasteiger partial charge < -0.3 is 11.1 Å². The van der Waals surface area contributed by atoms with Crippen LogP contribution < -0.4 is 11.1 Å². The van der Waals surface area contributed by atoms with Crippen molar-refractivity contribution in [3.63, 3.8) is 0 Å². The second kappa shape index (κ2) is 6.39. The monoisotopic (exact) mass is 306 g/mol. The third-order valence-corrected chi connectivity index (χ3v) is 3.34. The van der Waals surface area contributed by atoms with Crippen LogP contribution in [0.2, 0.25) is 0 Å². The minimum absolute atomic E-state index is 0.158. The number of nitrogen functional groups attached to an aromatic ring is 1. The summed E-state index contributed by atoms with van der Waals surface area (Å²) >= 11 is 0. The minimum Gasteiger partial charge on any atom is -0.370 e. The van der Waals surface area contributed by atoms with E-state index in [9.17, 15) is 0 Å². The summed E-state index contributed by atoms with van der Waals surface area (Å²) in [4.78, 5) is 8.85. The molecule has 3 N–H and O–H groups in total. The number of aryl methyl sites for hydroxylation is 1. The van der Waals surface area contributed by atoms with Gasteiger partial charge in [-0.2, -0.15) is 0 Å². The molecule has 6 heteroatoms. The topological polar surface area (TPSA) is 89.6 Å². The number of anilines is 2. The van der Waals surface area contributed by atoms with Gasteiger partial charge in [0.15, 0.2) is 0 Å². The van der Waals surface area contributed by atoms with E-state index < -0.39 is 0 Å². The van der Waals surface area contributed by atoms with Crippen LogP contribution in [0.25, 0.3) is 22.5 Å². The smallest absolute Gasteiger partial charge is 0.240 e. The number of nitrogens with one attached hydrogen (secondary N) is 1. The highest BCUT2D eigenvalue weighted by Crippen LogP contribution is 2.30. The fraction of sp³-hybridized carbons (Fsp3) is 0.176. The molecule has 2 heterocycles. The number of nitrogens with two attached hydrogens (primary N) is 1. The van der Waals surface area contributed by atoms with Gasteiger partial charge in [-0.05, 0) is 26.0 Å². The van der Waals surface area contributed by atoms with Crippen LogP contribution in [0.3, 0.4) is 0 Å². The number of pyridine rings is 1. The van der Waals surface area contributed by atoms with Crippen LogP contribution in [0, 0.1) is 6.92 Å². The van der Waals surface area contributed by atoms with Gasteiger partial charge in [-0.1, -0.05) is 30.3 Å². The zero-order chi connectivity index (χ0) is 16.2. The summed E-state index contributed by atoms with van der Waals surface area (Å²) < 4.78 is 0. The van der Waals surface area contributed by atoms with Crippen molar-refractivity contribution in [1.29, 1.82) is 0 Å². The second-order valence-electron chi connectivity index (χ2n) is 5.15. The lowest BCUT2D eigenvalue weighted by Gasteiger charge is -2.10. The van der Waals surface area contributed by atoms with Crippen LogP contribution in [0.1, 0.15) is 12.6 Å². The highest BCUT2D eigenvalue weighted by molar-refractivity contribution is 5.79. The number of hydrogen-bond donors (Lipinski definition) is 2. The molecule has 0 aliphatic carbocycles. The molecular formula is C17H18N6. The Labute approximate surface area is 134 Å². The Hall–Kier alpha value is -3.02. The lowest BCUT2D eigenvalue weighted by molar-refractivity contribution is 0.995. The van der Waals surface area contributed by atoms with Gasteiger partial charge in [0.1, 0.15) is 17.2 Å². The standard InChI is InChI=1S/C17H18N6/c1-3-19-14-10-13(9-11(2)20-14)16-15(21-17(18)23-22-16)12-7-5-4-6-8-12/h4-10H,3H2,1-2H3,(H,19,20)(H2,18,21,23). The van der Waals surface area contributed by atoms with Gasteiger partial charge in [-0.3, -0.25) is 0 Å². The van der Waals surface area contributed by atoms with Crippen molar-refractivity contribution in [2.24, 2.45) is 0 Å². The lowest BCUT2D eigenvalue weighted by Crippen LogP contribution is -2.04. The van der Waals surface area contributed by atoms with Crippen LogP contribution in [-0.4, -0.2) is 26.7 Å². The molecule has 0 radical (unpaired) electrons. The molecule has 0 saturated heterocycles. The van der Waals surface area contributed by atoms with E-state index in [1.54, 1.807) is 0 Å². The lowest BCUT2D eigenvalue weighted by atomic mass is 10.0. The highest BCUT2D eigenvalue weighted by Gasteiger charge is 2.14. The number of benzene rings is 1. The van der Waals surface area contributed by atoms with Crippen molar-refractivity contribution in [2.45, 2.75) is 13.8 Å². The van der Waals surface area contributed by atoms with E-state index in [1.807, 2.05) is 56.3 Å². The maximum Gasteiger partial charge on any atom is 0.240 e. The molecule has 1 aromatic carbocycles. The van der Waals surface area contributed by atoms with Crippen LogP contribution in [-0.2, 0) is 0 Å². The number of aromatic nitrogens is 4. The molecule has 23 heavy (non-hydrogen) atoms. The summed E-state index contributed by atoms with van der Waals surface area (Å²) in [6.07, 6.45) is 0. The van der Waals surface area contributed by atoms with Gasteiger partial charge in [0.2, 0.25) is 5.95 Å². The van der Waals surface area contributed by atoms with E-state index >= 15 is 0 Å². The average molecular weight is 306 g/mol. The maximum atomic E-state index is 5.74. The molecule has 0 saturated carbocycles. The largest absolute Gasteiger partial charge is 0.370 e. The van der Waals surface area contributed by atoms with Crippen molar-refractivity contribution < 1.29 is 0 Å². The van der Waals surface area contributed by atoms with Crippen LogP contribution in [0.4, 0.5) is 11.8 Å². The Kier molecular flexibility index (Phi) is 4.14. The van der Waals surface area contributed by atoms with Crippen LogP contribution in [0.5, 0.6) is 0 Å². The molecule has 0 bridgehead atoms. The first-order valence-electron chi connectivity index (χ1n) is 7.46. The van der Waals surface area contributed by atoms with Crippen molar-refractivity contribution >= 4 is 11.8 Å². The summed E-state index contributed by atoms with van der Waals surface area (Å²) in [5.74, 6) is 0.963. The number of hydrogen-bond acceptors (Lipinski definition) is 6.